The van der Waals surface area contributed by atoms with Crippen molar-refractivity contribution in [3.8, 4) is 0 Å². The lowest BCUT2D eigenvalue weighted by Gasteiger charge is -2.41. The van der Waals surface area contributed by atoms with E-state index in [2.05, 4.69) is 129 Å². The molecule has 0 radical (unpaired) electrons. The SMILES string of the molecule is CC/C=C\C/C=C\C/C=C\C/C=C\C/C=C\C/C=C\CCCCCCCC(O)C(=O)NC(COC1OC(CO)C(O)C(O)C1OC(=O)CCCCCCCCC/C=C/C=C/C=C/CC)C(O)/C=C/CCCCCCCCCCCCC. The predicted molar refractivity (Wildman–Crippen MR) is 338 cm³/mol. The summed E-state index contributed by atoms with van der Waals surface area (Å²) < 4.78 is 17.6. The molecule has 1 heterocycles. The van der Waals surface area contributed by atoms with Gasteiger partial charge in [0.25, 0.3) is 0 Å². The largest absolute Gasteiger partial charge is 0.454 e. The van der Waals surface area contributed by atoms with Gasteiger partial charge in [0.1, 0.15) is 24.4 Å². The number of carbonyl (C=O) groups is 2. The summed E-state index contributed by atoms with van der Waals surface area (Å²) in [7, 11) is 0. The Hall–Kier alpha value is -3.94. The Morgan fingerprint density at radius 3 is 1.47 bits per heavy atom. The lowest BCUT2D eigenvalue weighted by molar-refractivity contribution is -0.305. The second-order valence-electron chi connectivity index (χ2n) is 21.8. The van der Waals surface area contributed by atoms with Crippen LogP contribution in [0.4, 0.5) is 0 Å². The molecule has 1 aliphatic rings. The molecular formula is C70H117NO10. The first-order valence-electron chi connectivity index (χ1n) is 32.3. The zero-order valence-corrected chi connectivity index (χ0v) is 51.1. The first-order valence-corrected chi connectivity index (χ1v) is 32.3. The first kappa shape index (κ1) is 75.1. The molecule has 1 saturated heterocycles. The minimum Gasteiger partial charge on any atom is -0.454 e. The Balaban J connectivity index is 2.68. The number of esters is 1. The second kappa shape index (κ2) is 56.5. The van der Waals surface area contributed by atoms with Crippen molar-refractivity contribution in [2.45, 2.75) is 294 Å². The van der Waals surface area contributed by atoms with Crippen molar-refractivity contribution in [2.24, 2.45) is 0 Å². The third kappa shape index (κ3) is 44.3. The van der Waals surface area contributed by atoms with E-state index in [4.69, 9.17) is 14.2 Å². The smallest absolute Gasteiger partial charge is 0.306 e. The normalized spacial score (nSPS) is 19.5. The number of nitrogens with one attached hydrogen (secondary N) is 1. The van der Waals surface area contributed by atoms with E-state index in [-0.39, 0.29) is 19.4 Å². The fourth-order valence-electron chi connectivity index (χ4n) is 9.36. The van der Waals surface area contributed by atoms with Crippen LogP contribution in [0.25, 0.3) is 0 Å². The third-order valence-corrected chi connectivity index (χ3v) is 14.4. The monoisotopic (exact) mass is 1130 g/mol. The number of aliphatic hydroxyl groups excluding tert-OH is 5. The number of rotatable bonds is 53. The second-order valence-corrected chi connectivity index (χ2v) is 21.8. The van der Waals surface area contributed by atoms with Gasteiger partial charge in [-0.25, -0.2) is 0 Å². The number of unbranched alkanes of at least 4 members (excludes halogenated alkanes) is 23. The summed E-state index contributed by atoms with van der Waals surface area (Å²) in [6, 6.07) is -1.04. The average Bonchev–Trinajstić information content (AvgIpc) is 3.46. The summed E-state index contributed by atoms with van der Waals surface area (Å²) in [5, 5.41) is 57.1. The molecule has 11 nitrogen and oxygen atoms in total. The number of amides is 1. The number of hydrogen-bond donors (Lipinski definition) is 6. The Morgan fingerprint density at radius 2 is 0.951 bits per heavy atom. The van der Waals surface area contributed by atoms with Gasteiger partial charge in [-0.15, -0.1) is 0 Å². The molecule has 1 fully saturated rings. The number of carbonyl (C=O) groups excluding carboxylic acids is 2. The van der Waals surface area contributed by atoms with Crippen LogP contribution in [0.3, 0.4) is 0 Å². The van der Waals surface area contributed by atoms with Crippen molar-refractivity contribution >= 4 is 11.9 Å². The lowest BCUT2D eigenvalue weighted by atomic mass is 9.99. The highest BCUT2D eigenvalue weighted by Crippen LogP contribution is 2.26. The molecule has 6 N–H and O–H groups in total. The molecule has 0 spiro atoms. The van der Waals surface area contributed by atoms with Crippen molar-refractivity contribution in [2.75, 3.05) is 13.2 Å². The highest BCUT2D eigenvalue weighted by atomic mass is 16.7. The van der Waals surface area contributed by atoms with E-state index in [1.165, 1.54) is 51.4 Å². The summed E-state index contributed by atoms with van der Waals surface area (Å²) in [6.07, 6.45) is 68.0. The number of hydrogen-bond acceptors (Lipinski definition) is 10. The lowest BCUT2D eigenvalue weighted by Crippen LogP contribution is -2.61. The molecule has 0 aromatic heterocycles. The summed E-state index contributed by atoms with van der Waals surface area (Å²) in [4.78, 5) is 26.6. The van der Waals surface area contributed by atoms with E-state index in [1.807, 2.05) is 12.2 Å². The predicted octanol–water partition coefficient (Wildman–Crippen LogP) is 15.8. The molecule has 81 heavy (non-hydrogen) atoms. The maximum atomic E-state index is 13.5. The summed E-state index contributed by atoms with van der Waals surface area (Å²) in [6.45, 7) is 5.52. The minimum atomic E-state index is -1.63. The Morgan fingerprint density at radius 1 is 0.506 bits per heavy atom. The van der Waals surface area contributed by atoms with Crippen LogP contribution in [0.15, 0.2) is 122 Å². The molecule has 1 aliphatic heterocycles. The van der Waals surface area contributed by atoms with Gasteiger partial charge in [0.15, 0.2) is 12.4 Å². The van der Waals surface area contributed by atoms with Gasteiger partial charge in [-0.05, 0) is 96.3 Å². The molecular weight excluding hydrogens is 1010 g/mol. The fourth-order valence-corrected chi connectivity index (χ4v) is 9.36. The topological polar surface area (TPSA) is 175 Å². The number of ether oxygens (including phenoxy) is 3. The number of allylic oxidation sites excluding steroid dienone is 19. The average molecular weight is 1130 g/mol. The van der Waals surface area contributed by atoms with Crippen LogP contribution in [0.2, 0.25) is 0 Å². The van der Waals surface area contributed by atoms with Crippen molar-refractivity contribution in [3.63, 3.8) is 0 Å². The van der Waals surface area contributed by atoms with Gasteiger partial charge in [0.05, 0.1) is 25.4 Å². The molecule has 0 aromatic carbocycles. The van der Waals surface area contributed by atoms with Gasteiger partial charge in [-0.3, -0.25) is 9.59 Å². The van der Waals surface area contributed by atoms with Gasteiger partial charge in [0.2, 0.25) is 5.91 Å². The molecule has 0 bridgehead atoms. The molecule has 8 unspecified atom stereocenters. The Kier molecular flexibility index (Phi) is 52.4. The third-order valence-electron chi connectivity index (χ3n) is 14.4. The van der Waals surface area contributed by atoms with Crippen LogP contribution < -0.4 is 5.32 Å². The van der Waals surface area contributed by atoms with E-state index in [9.17, 15) is 35.1 Å². The molecule has 0 saturated carbocycles. The van der Waals surface area contributed by atoms with Crippen LogP contribution in [0.1, 0.15) is 245 Å². The van der Waals surface area contributed by atoms with Crippen molar-refractivity contribution in [1.82, 2.24) is 5.32 Å². The van der Waals surface area contributed by atoms with Gasteiger partial charge >= 0.3 is 5.97 Å². The van der Waals surface area contributed by atoms with Gasteiger partial charge in [-0.2, -0.15) is 0 Å². The van der Waals surface area contributed by atoms with Crippen LogP contribution in [-0.4, -0.2) is 99.6 Å². The van der Waals surface area contributed by atoms with E-state index in [1.54, 1.807) is 6.08 Å². The molecule has 11 heteroatoms. The molecule has 462 valence electrons. The van der Waals surface area contributed by atoms with Crippen molar-refractivity contribution < 1.29 is 49.3 Å². The van der Waals surface area contributed by atoms with Crippen LogP contribution in [0, 0.1) is 0 Å². The van der Waals surface area contributed by atoms with Crippen molar-refractivity contribution in [3.05, 3.63) is 122 Å². The zero-order chi connectivity index (χ0) is 58.9. The minimum absolute atomic E-state index is 0.102. The summed E-state index contributed by atoms with van der Waals surface area (Å²) in [5.74, 6) is -1.23. The highest BCUT2D eigenvalue weighted by molar-refractivity contribution is 5.80. The molecule has 1 amide bonds. The van der Waals surface area contributed by atoms with Crippen LogP contribution >= 0.6 is 0 Å². The van der Waals surface area contributed by atoms with E-state index in [0.29, 0.717) is 12.8 Å². The van der Waals surface area contributed by atoms with Gasteiger partial charge in [0, 0.05) is 6.42 Å². The van der Waals surface area contributed by atoms with E-state index >= 15 is 0 Å². The summed E-state index contributed by atoms with van der Waals surface area (Å²) >= 11 is 0. The maximum Gasteiger partial charge on any atom is 0.306 e. The van der Waals surface area contributed by atoms with Crippen LogP contribution in [-0.2, 0) is 23.8 Å². The molecule has 1 rings (SSSR count). The maximum absolute atomic E-state index is 13.5. The Labute approximate surface area is 493 Å². The highest BCUT2D eigenvalue weighted by Gasteiger charge is 2.47. The molecule has 0 aromatic rings. The van der Waals surface area contributed by atoms with Crippen molar-refractivity contribution in [1.29, 1.82) is 0 Å². The fraction of sp³-hybridized carbons (Fsp3) is 0.686. The Bertz CT molecular complexity index is 1780. The van der Waals surface area contributed by atoms with Gasteiger partial charge < -0.3 is 45.1 Å². The van der Waals surface area contributed by atoms with Crippen LogP contribution in [0.5, 0.6) is 0 Å². The molecule has 8 atom stereocenters. The van der Waals surface area contributed by atoms with E-state index in [0.717, 1.165) is 148 Å². The number of aliphatic hydroxyl groups is 5. The quantitative estimate of drug-likeness (QED) is 0.0149. The standard InChI is InChI=1S/C70H117NO10/c1-4-7-10-13-16-19-22-25-27-28-29-30-31-32-33-34-35-37-39-42-45-48-51-54-57-63(74)69(78)71-61(62(73)56-53-50-47-44-41-38-24-21-18-15-12-9-6-3)60-79-70-68(67(77)66(76)64(59-72)80-70)81-65(75)58-55-52-49-46-43-40-36-26-23-20-17-14-11-8-5-2/h7-8,10-11,14,16-17,19-20,23,25,27,29-30,32-33,35,37,53,56,61-64,66-68,70,72-74,76-77H,4-6,9,12-13,15,18,21-22,24,26,28,31,34,36,38-52,54-55,57-60H2,1-3H3,(H,71,78)/b10-7-,11-8+,17-14+,19-16-,23-20+,27-25-,30-29-,33-32-,37-35-,56-53+. The van der Waals surface area contributed by atoms with Gasteiger partial charge in [-0.1, -0.05) is 264 Å². The summed E-state index contributed by atoms with van der Waals surface area (Å²) in [5.41, 5.74) is 0. The zero-order valence-electron chi connectivity index (χ0n) is 51.1. The van der Waals surface area contributed by atoms with E-state index < -0.39 is 67.4 Å². The first-order chi connectivity index (χ1) is 39.7. The molecule has 0 aliphatic carbocycles.